The molecule has 104 valence electrons. The Morgan fingerprint density at radius 1 is 1.26 bits per heavy atom. The van der Waals surface area contributed by atoms with Crippen molar-refractivity contribution in [1.82, 2.24) is 15.1 Å². The second kappa shape index (κ2) is 5.25. The van der Waals surface area contributed by atoms with Crippen molar-refractivity contribution >= 4 is 23.8 Å². The molecule has 0 bridgehead atoms. The average Bonchev–Trinajstić information content (AvgIpc) is 2.70. The van der Waals surface area contributed by atoms with Crippen LogP contribution < -0.4 is 5.32 Å². The molecule has 0 aliphatic carbocycles. The van der Waals surface area contributed by atoms with Crippen LogP contribution in [0.3, 0.4) is 0 Å². The topological polar surface area (TPSA) is 107 Å². The molecule has 0 aromatic carbocycles. The van der Waals surface area contributed by atoms with E-state index in [1.165, 1.54) is 4.90 Å². The lowest BCUT2D eigenvalue weighted by atomic mass is 9.97. The summed E-state index contributed by atoms with van der Waals surface area (Å²) >= 11 is 0. The maximum atomic E-state index is 11.9. The molecule has 4 amide bonds. The second-order valence-corrected chi connectivity index (χ2v) is 4.63. The highest BCUT2D eigenvalue weighted by molar-refractivity contribution is 6.04. The number of carboxylic acids is 1. The maximum Gasteiger partial charge on any atom is 0.325 e. The fourth-order valence-electron chi connectivity index (χ4n) is 2.23. The van der Waals surface area contributed by atoms with Crippen LogP contribution in [0.25, 0.3) is 0 Å². The Hall–Kier alpha value is -2.12. The van der Waals surface area contributed by atoms with Gasteiger partial charge in [-0.05, 0) is 12.8 Å². The Balaban J connectivity index is 1.86. The van der Waals surface area contributed by atoms with Crippen molar-refractivity contribution in [1.29, 1.82) is 0 Å². The number of carbonyl (C=O) groups is 4. The summed E-state index contributed by atoms with van der Waals surface area (Å²) in [7, 11) is 0. The Kier molecular flexibility index (Phi) is 3.68. The Morgan fingerprint density at radius 3 is 2.37 bits per heavy atom. The molecule has 0 spiro atoms. The molecule has 2 saturated heterocycles. The molecular formula is C11H15N3O5. The van der Waals surface area contributed by atoms with Crippen molar-refractivity contribution < 1.29 is 24.3 Å². The molecule has 0 saturated carbocycles. The van der Waals surface area contributed by atoms with Gasteiger partial charge in [-0.15, -0.1) is 0 Å². The zero-order valence-corrected chi connectivity index (χ0v) is 10.3. The van der Waals surface area contributed by atoms with Gasteiger partial charge in [0.2, 0.25) is 5.91 Å². The van der Waals surface area contributed by atoms with Crippen molar-refractivity contribution in [3.05, 3.63) is 0 Å². The number of hydrogen-bond donors (Lipinski definition) is 2. The number of piperidine rings is 1. The van der Waals surface area contributed by atoms with Crippen LogP contribution in [-0.2, 0) is 14.4 Å². The number of carbonyl (C=O) groups excluding carboxylic acids is 3. The quantitative estimate of drug-likeness (QED) is 0.630. The monoisotopic (exact) mass is 269 g/mol. The lowest BCUT2D eigenvalue weighted by molar-refractivity contribution is -0.146. The first-order valence-corrected chi connectivity index (χ1v) is 6.08. The summed E-state index contributed by atoms with van der Waals surface area (Å²) in [5.41, 5.74) is 0. The van der Waals surface area contributed by atoms with Crippen molar-refractivity contribution in [2.24, 2.45) is 5.92 Å². The number of nitrogens with one attached hydrogen (secondary N) is 1. The minimum atomic E-state index is -0.846. The van der Waals surface area contributed by atoms with E-state index in [-0.39, 0.29) is 19.0 Å². The van der Waals surface area contributed by atoms with E-state index in [1.807, 2.05) is 0 Å². The van der Waals surface area contributed by atoms with Crippen LogP contribution in [0.5, 0.6) is 0 Å². The summed E-state index contributed by atoms with van der Waals surface area (Å²) in [5.74, 6) is -2.00. The number of nitrogens with zero attached hydrogens (tertiary/aromatic N) is 2. The molecular weight excluding hydrogens is 254 g/mol. The molecule has 19 heavy (non-hydrogen) atoms. The van der Waals surface area contributed by atoms with Gasteiger partial charge in [0, 0.05) is 13.1 Å². The van der Waals surface area contributed by atoms with Gasteiger partial charge in [-0.2, -0.15) is 0 Å². The SMILES string of the molecule is O=C(O)C1CCN(C(=O)CN2C(=O)CNC2=O)CC1. The number of imide groups is 1. The number of urea groups is 1. The predicted octanol–water partition coefficient (Wildman–Crippen LogP) is -1.14. The van der Waals surface area contributed by atoms with Crippen LogP contribution in [0.2, 0.25) is 0 Å². The minimum absolute atomic E-state index is 0.0762. The smallest absolute Gasteiger partial charge is 0.325 e. The fraction of sp³-hybridized carbons (Fsp3) is 0.636. The lowest BCUT2D eigenvalue weighted by Crippen LogP contribution is -2.46. The van der Waals surface area contributed by atoms with E-state index in [9.17, 15) is 19.2 Å². The van der Waals surface area contributed by atoms with E-state index in [0.29, 0.717) is 25.9 Å². The van der Waals surface area contributed by atoms with E-state index in [1.54, 1.807) is 0 Å². The highest BCUT2D eigenvalue weighted by Gasteiger charge is 2.33. The molecule has 0 aromatic rings. The highest BCUT2D eigenvalue weighted by atomic mass is 16.4. The predicted molar refractivity (Wildman–Crippen MR) is 62.1 cm³/mol. The molecule has 2 aliphatic heterocycles. The van der Waals surface area contributed by atoms with Crippen molar-refractivity contribution in [3.63, 3.8) is 0 Å². The average molecular weight is 269 g/mol. The Morgan fingerprint density at radius 2 is 1.89 bits per heavy atom. The zero-order chi connectivity index (χ0) is 14.0. The number of likely N-dealkylation sites (tertiary alicyclic amines) is 1. The molecule has 8 nitrogen and oxygen atoms in total. The normalized spacial score (nSPS) is 20.6. The van der Waals surface area contributed by atoms with Crippen molar-refractivity contribution in [3.8, 4) is 0 Å². The van der Waals surface area contributed by atoms with Crippen LogP contribution in [-0.4, -0.2) is 64.9 Å². The molecule has 0 radical (unpaired) electrons. The van der Waals surface area contributed by atoms with Crippen LogP contribution in [0.4, 0.5) is 4.79 Å². The van der Waals surface area contributed by atoms with E-state index < -0.39 is 23.8 Å². The maximum absolute atomic E-state index is 11.9. The third-order valence-corrected chi connectivity index (χ3v) is 3.43. The highest BCUT2D eigenvalue weighted by Crippen LogP contribution is 2.17. The van der Waals surface area contributed by atoms with Gasteiger partial charge in [-0.1, -0.05) is 0 Å². The first-order valence-electron chi connectivity index (χ1n) is 6.08. The van der Waals surface area contributed by atoms with Crippen molar-refractivity contribution in [2.45, 2.75) is 12.8 Å². The van der Waals surface area contributed by atoms with Crippen molar-refractivity contribution in [2.75, 3.05) is 26.2 Å². The molecule has 0 aromatic heterocycles. The summed E-state index contributed by atoms with van der Waals surface area (Å²) < 4.78 is 0. The van der Waals surface area contributed by atoms with Gasteiger partial charge >= 0.3 is 12.0 Å². The molecule has 2 rings (SSSR count). The molecule has 2 fully saturated rings. The van der Waals surface area contributed by atoms with Gasteiger partial charge in [0.05, 0.1) is 12.5 Å². The van der Waals surface area contributed by atoms with Crippen LogP contribution in [0, 0.1) is 5.92 Å². The fourth-order valence-corrected chi connectivity index (χ4v) is 2.23. The third-order valence-electron chi connectivity index (χ3n) is 3.43. The first-order chi connectivity index (χ1) is 8.99. The zero-order valence-electron chi connectivity index (χ0n) is 10.3. The number of amides is 4. The summed E-state index contributed by atoms with van der Waals surface area (Å²) in [6.07, 6.45) is 0.808. The van der Waals surface area contributed by atoms with Gasteiger partial charge in [0.25, 0.3) is 5.91 Å². The number of rotatable bonds is 3. The van der Waals surface area contributed by atoms with E-state index in [0.717, 1.165) is 4.90 Å². The van der Waals surface area contributed by atoms with Crippen LogP contribution in [0.1, 0.15) is 12.8 Å². The molecule has 0 unspecified atom stereocenters. The summed E-state index contributed by atoms with van der Waals surface area (Å²) in [5, 5.41) is 11.2. The molecule has 2 heterocycles. The standard InChI is InChI=1S/C11H15N3O5/c15-8-5-12-11(19)14(8)6-9(16)13-3-1-7(2-4-13)10(17)18/h7H,1-6H2,(H,12,19)(H,17,18). The Labute approximate surface area is 109 Å². The minimum Gasteiger partial charge on any atom is -0.481 e. The third kappa shape index (κ3) is 2.83. The number of carboxylic acid groups (broad SMARTS) is 1. The van der Waals surface area contributed by atoms with Crippen LogP contribution >= 0.6 is 0 Å². The molecule has 2 aliphatic rings. The van der Waals surface area contributed by atoms with Gasteiger partial charge in [-0.3, -0.25) is 19.3 Å². The first kappa shape index (κ1) is 13.3. The van der Waals surface area contributed by atoms with Crippen LogP contribution in [0.15, 0.2) is 0 Å². The lowest BCUT2D eigenvalue weighted by Gasteiger charge is -2.30. The second-order valence-electron chi connectivity index (χ2n) is 4.63. The number of hydrogen-bond acceptors (Lipinski definition) is 4. The largest absolute Gasteiger partial charge is 0.481 e. The van der Waals surface area contributed by atoms with Gasteiger partial charge < -0.3 is 15.3 Å². The van der Waals surface area contributed by atoms with E-state index in [4.69, 9.17) is 5.11 Å². The molecule has 2 N–H and O–H groups in total. The number of aliphatic carboxylic acids is 1. The van der Waals surface area contributed by atoms with E-state index in [2.05, 4.69) is 5.32 Å². The summed E-state index contributed by atoms with van der Waals surface area (Å²) in [4.78, 5) is 47.7. The molecule has 8 heteroatoms. The van der Waals surface area contributed by atoms with Gasteiger partial charge in [0.1, 0.15) is 6.54 Å². The summed E-state index contributed by atoms with van der Waals surface area (Å²) in [6.45, 7) is 0.342. The van der Waals surface area contributed by atoms with E-state index >= 15 is 0 Å². The molecule has 0 atom stereocenters. The van der Waals surface area contributed by atoms with Gasteiger partial charge in [-0.25, -0.2) is 4.79 Å². The Bertz CT molecular complexity index is 412. The van der Waals surface area contributed by atoms with Gasteiger partial charge in [0.15, 0.2) is 0 Å². The summed E-state index contributed by atoms with van der Waals surface area (Å²) in [6, 6.07) is -0.557.